The van der Waals surface area contributed by atoms with Crippen LogP contribution in [-0.2, 0) is 4.79 Å². The highest BCUT2D eigenvalue weighted by molar-refractivity contribution is 7.08. The highest BCUT2D eigenvalue weighted by Gasteiger charge is 2.28. The predicted molar refractivity (Wildman–Crippen MR) is 80.4 cm³/mol. The molecule has 0 saturated carbocycles. The van der Waals surface area contributed by atoms with E-state index in [1.165, 1.54) is 18.3 Å². The molecule has 1 fully saturated rings. The molecule has 0 radical (unpaired) electrons. The quantitative estimate of drug-likeness (QED) is 0.943. The van der Waals surface area contributed by atoms with E-state index in [0.717, 1.165) is 18.5 Å². The summed E-state index contributed by atoms with van der Waals surface area (Å²) in [6.45, 7) is 2.83. The number of thiophene rings is 1. The zero-order valence-electron chi connectivity index (χ0n) is 11.7. The first-order chi connectivity index (χ1) is 10.1. The molecule has 3 heterocycles. The van der Waals surface area contributed by atoms with Crippen molar-refractivity contribution in [2.45, 2.75) is 19.4 Å². The maximum Gasteiger partial charge on any atom is 0.254 e. The van der Waals surface area contributed by atoms with Crippen LogP contribution in [0, 0.1) is 0 Å². The molecular weight excluding hydrogens is 288 g/mol. The van der Waals surface area contributed by atoms with Gasteiger partial charge in [-0.1, -0.05) is 0 Å². The third kappa shape index (κ3) is 2.97. The second-order valence-corrected chi connectivity index (χ2v) is 5.85. The Morgan fingerprint density at radius 2 is 2.29 bits per heavy atom. The summed E-state index contributed by atoms with van der Waals surface area (Å²) in [7, 11) is 0. The molecular formula is C14H16N4O2S. The maximum atomic E-state index is 12.3. The van der Waals surface area contributed by atoms with Gasteiger partial charge in [-0.2, -0.15) is 16.4 Å². The number of nitrogens with zero attached hydrogens (tertiary/aromatic N) is 3. The lowest BCUT2D eigenvalue weighted by atomic mass is 10.3. The van der Waals surface area contributed by atoms with Crippen LogP contribution in [0.3, 0.4) is 0 Å². The molecule has 2 amide bonds. The van der Waals surface area contributed by atoms with E-state index in [-0.39, 0.29) is 17.9 Å². The summed E-state index contributed by atoms with van der Waals surface area (Å²) in [5, 5.41) is 10.8. The van der Waals surface area contributed by atoms with Crippen molar-refractivity contribution in [3.63, 3.8) is 0 Å². The number of carbonyl (C=O) groups is 2. The largest absolute Gasteiger partial charge is 0.336 e. The summed E-state index contributed by atoms with van der Waals surface area (Å²) in [6, 6.07) is 3.78. The second-order valence-electron chi connectivity index (χ2n) is 5.07. The summed E-state index contributed by atoms with van der Waals surface area (Å²) < 4.78 is 1.83. The topological polar surface area (TPSA) is 67.2 Å². The third-order valence-corrected chi connectivity index (χ3v) is 4.19. The van der Waals surface area contributed by atoms with Crippen LogP contribution in [-0.4, -0.2) is 39.6 Å². The second kappa shape index (κ2) is 5.69. The van der Waals surface area contributed by atoms with Crippen LogP contribution in [0.15, 0.2) is 29.1 Å². The van der Waals surface area contributed by atoms with Gasteiger partial charge in [-0.3, -0.25) is 14.3 Å². The third-order valence-electron chi connectivity index (χ3n) is 3.51. The van der Waals surface area contributed by atoms with Gasteiger partial charge in [-0.15, -0.1) is 0 Å². The van der Waals surface area contributed by atoms with E-state index >= 15 is 0 Å². The summed E-state index contributed by atoms with van der Waals surface area (Å²) in [6.07, 6.45) is 2.71. The van der Waals surface area contributed by atoms with E-state index in [9.17, 15) is 9.59 Å². The van der Waals surface area contributed by atoms with E-state index in [1.54, 1.807) is 6.07 Å². The van der Waals surface area contributed by atoms with Gasteiger partial charge in [-0.25, -0.2) is 0 Å². The van der Waals surface area contributed by atoms with Crippen LogP contribution in [0.1, 0.15) is 29.7 Å². The number of aromatic nitrogens is 2. The van der Waals surface area contributed by atoms with Crippen LogP contribution in [0.2, 0.25) is 0 Å². The molecule has 1 aliphatic heterocycles. The van der Waals surface area contributed by atoms with Gasteiger partial charge in [0.05, 0.1) is 11.6 Å². The van der Waals surface area contributed by atoms with Crippen LogP contribution in [0.5, 0.6) is 0 Å². The molecule has 2 aromatic rings. The van der Waals surface area contributed by atoms with Gasteiger partial charge in [0.25, 0.3) is 5.91 Å². The molecule has 1 aliphatic rings. The van der Waals surface area contributed by atoms with Crippen molar-refractivity contribution in [1.82, 2.24) is 14.7 Å². The molecule has 1 saturated heterocycles. The fourth-order valence-electron chi connectivity index (χ4n) is 2.50. The monoisotopic (exact) mass is 304 g/mol. The molecule has 0 unspecified atom stereocenters. The fraction of sp³-hybridized carbons (Fsp3) is 0.357. The van der Waals surface area contributed by atoms with Gasteiger partial charge in [-0.05, 0) is 17.9 Å². The number of rotatable bonds is 3. The Bertz CT molecular complexity index is 650. The van der Waals surface area contributed by atoms with Gasteiger partial charge in [0.15, 0.2) is 5.82 Å². The lowest BCUT2D eigenvalue weighted by Gasteiger charge is -2.15. The minimum atomic E-state index is -0.138. The minimum absolute atomic E-state index is 0.0768. The van der Waals surface area contributed by atoms with Crippen LogP contribution >= 0.6 is 11.3 Å². The minimum Gasteiger partial charge on any atom is -0.336 e. The molecule has 6 nitrogen and oxygen atoms in total. The number of hydrogen-bond acceptors (Lipinski definition) is 4. The molecule has 0 spiro atoms. The molecule has 0 aromatic carbocycles. The fourth-order valence-corrected chi connectivity index (χ4v) is 3.13. The molecule has 3 rings (SSSR count). The Hall–Kier alpha value is -2.15. The van der Waals surface area contributed by atoms with E-state index in [2.05, 4.69) is 10.4 Å². The summed E-state index contributed by atoms with van der Waals surface area (Å²) in [5.74, 6) is 0.485. The number of anilines is 1. The normalized spacial score (nSPS) is 18.0. The Kier molecular flexibility index (Phi) is 3.74. The molecule has 1 N–H and O–H groups in total. The SMILES string of the molecule is CC(=O)Nc1ccn([C@H]2CCN(C(=O)c3ccsc3)C2)n1. The Morgan fingerprint density at radius 3 is 3.00 bits per heavy atom. The highest BCUT2D eigenvalue weighted by Crippen LogP contribution is 2.24. The first kappa shape index (κ1) is 13.8. The molecule has 0 bridgehead atoms. The zero-order chi connectivity index (χ0) is 14.8. The Balaban J connectivity index is 1.65. The van der Waals surface area contributed by atoms with Gasteiger partial charge >= 0.3 is 0 Å². The van der Waals surface area contributed by atoms with Gasteiger partial charge < -0.3 is 10.2 Å². The highest BCUT2D eigenvalue weighted by atomic mass is 32.1. The standard InChI is InChI=1S/C14H16N4O2S/c1-10(19)15-13-3-6-18(16-13)12-2-5-17(8-12)14(20)11-4-7-21-9-11/h3-4,6-7,9,12H,2,5,8H2,1H3,(H,15,16,19)/t12-/m0/s1. The van der Waals surface area contributed by atoms with Crippen molar-refractivity contribution in [1.29, 1.82) is 0 Å². The summed E-state index contributed by atoms with van der Waals surface area (Å²) >= 11 is 1.53. The van der Waals surface area contributed by atoms with E-state index in [4.69, 9.17) is 0 Å². The maximum absolute atomic E-state index is 12.3. The van der Waals surface area contributed by atoms with E-state index in [1.807, 2.05) is 32.6 Å². The molecule has 2 aromatic heterocycles. The summed E-state index contributed by atoms with van der Waals surface area (Å²) in [5.41, 5.74) is 0.750. The molecule has 110 valence electrons. The van der Waals surface area contributed by atoms with Crippen LogP contribution < -0.4 is 5.32 Å². The lowest BCUT2D eigenvalue weighted by Crippen LogP contribution is -2.28. The number of likely N-dealkylation sites (tertiary alicyclic amines) is 1. The summed E-state index contributed by atoms with van der Waals surface area (Å²) in [4.78, 5) is 25.1. The first-order valence-corrected chi connectivity index (χ1v) is 7.72. The van der Waals surface area contributed by atoms with Crippen LogP contribution in [0.25, 0.3) is 0 Å². The van der Waals surface area contributed by atoms with Gasteiger partial charge in [0, 0.05) is 37.7 Å². The zero-order valence-corrected chi connectivity index (χ0v) is 12.5. The predicted octanol–water partition coefficient (Wildman–Crippen LogP) is 1.99. The van der Waals surface area contributed by atoms with Crippen molar-refractivity contribution in [3.8, 4) is 0 Å². The van der Waals surface area contributed by atoms with Gasteiger partial charge in [0.2, 0.25) is 5.91 Å². The molecule has 0 aliphatic carbocycles. The smallest absolute Gasteiger partial charge is 0.254 e. The number of amides is 2. The Labute approximate surface area is 126 Å². The average molecular weight is 304 g/mol. The number of nitrogens with one attached hydrogen (secondary N) is 1. The number of carbonyl (C=O) groups excluding carboxylic acids is 2. The average Bonchev–Trinajstić information content (AvgIpc) is 3.18. The van der Waals surface area contributed by atoms with Crippen molar-refractivity contribution >= 4 is 29.0 Å². The Morgan fingerprint density at radius 1 is 1.43 bits per heavy atom. The molecule has 7 heteroatoms. The molecule has 1 atom stereocenters. The first-order valence-electron chi connectivity index (χ1n) is 6.77. The number of hydrogen-bond donors (Lipinski definition) is 1. The van der Waals surface area contributed by atoms with Gasteiger partial charge in [0.1, 0.15) is 0 Å². The lowest BCUT2D eigenvalue weighted by molar-refractivity contribution is -0.114. The van der Waals surface area contributed by atoms with E-state index in [0.29, 0.717) is 12.4 Å². The van der Waals surface area contributed by atoms with E-state index < -0.39 is 0 Å². The van der Waals surface area contributed by atoms with Crippen molar-refractivity contribution in [3.05, 3.63) is 34.7 Å². The van der Waals surface area contributed by atoms with Crippen molar-refractivity contribution in [2.75, 3.05) is 18.4 Å². The molecule has 21 heavy (non-hydrogen) atoms. The van der Waals surface area contributed by atoms with Crippen LogP contribution in [0.4, 0.5) is 5.82 Å². The van der Waals surface area contributed by atoms with Crippen molar-refractivity contribution in [2.24, 2.45) is 0 Å². The van der Waals surface area contributed by atoms with Crippen molar-refractivity contribution < 1.29 is 9.59 Å².